The Morgan fingerprint density at radius 3 is 2.47 bits per heavy atom. The SMILES string of the molecule is Cc1cc(N2CCc3c(c(C)nn3CC34CCC(N5CCC5)(CC3)CC4)C2)c2cnn(C)c2n1. The van der Waals surface area contributed by atoms with Gasteiger partial charge in [0.05, 0.1) is 23.0 Å². The molecule has 1 saturated heterocycles. The Bertz CT molecular complexity index is 1240. The van der Waals surface area contributed by atoms with Crippen molar-refractivity contribution in [2.24, 2.45) is 12.5 Å². The zero-order valence-corrected chi connectivity index (χ0v) is 21.0. The molecule has 3 saturated carbocycles. The van der Waals surface area contributed by atoms with Gasteiger partial charge in [-0.05, 0) is 83.4 Å². The van der Waals surface area contributed by atoms with Crippen molar-refractivity contribution in [2.45, 2.75) is 83.8 Å². The van der Waals surface area contributed by atoms with Gasteiger partial charge in [0.25, 0.3) is 0 Å². The molecule has 0 N–H and O–H groups in total. The molecule has 0 radical (unpaired) electrons. The Hall–Kier alpha value is -2.41. The van der Waals surface area contributed by atoms with Crippen molar-refractivity contribution in [1.29, 1.82) is 0 Å². The van der Waals surface area contributed by atoms with Gasteiger partial charge in [-0.3, -0.25) is 14.3 Å². The first kappa shape index (κ1) is 20.9. The van der Waals surface area contributed by atoms with Crippen LogP contribution in [0.1, 0.15) is 67.6 Å². The third-order valence-electron chi connectivity index (χ3n) is 9.86. The minimum absolute atomic E-state index is 0.472. The van der Waals surface area contributed by atoms with Crippen LogP contribution in [0.4, 0.5) is 5.69 Å². The molecular formula is C27H37N7. The lowest BCUT2D eigenvalue weighted by Crippen LogP contribution is -2.61. The maximum Gasteiger partial charge on any atom is 0.159 e. The van der Waals surface area contributed by atoms with E-state index in [-0.39, 0.29) is 0 Å². The van der Waals surface area contributed by atoms with Gasteiger partial charge >= 0.3 is 0 Å². The fraction of sp³-hybridized carbons (Fsp3) is 0.667. The fourth-order valence-electron chi connectivity index (χ4n) is 7.54. The van der Waals surface area contributed by atoms with Gasteiger partial charge in [-0.2, -0.15) is 10.2 Å². The topological polar surface area (TPSA) is 55.0 Å². The molecule has 5 heterocycles. The monoisotopic (exact) mass is 459 g/mol. The summed E-state index contributed by atoms with van der Waals surface area (Å²) < 4.78 is 4.32. The molecule has 7 heteroatoms. The Morgan fingerprint density at radius 1 is 1.00 bits per heavy atom. The molecule has 3 aromatic rings. The van der Waals surface area contributed by atoms with Gasteiger partial charge in [0, 0.05) is 55.6 Å². The van der Waals surface area contributed by atoms with Crippen LogP contribution in [0, 0.1) is 19.3 Å². The number of hydrogen-bond donors (Lipinski definition) is 0. The fourth-order valence-corrected chi connectivity index (χ4v) is 7.54. The summed E-state index contributed by atoms with van der Waals surface area (Å²) in [7, 11) is 1.98. The Balaban J connectivity index is 1.14. The van der Waals surface area contributed by atoms with E-state index in [1.807, 2.05) is 17.9 Å². The number of aromatic nitrogens is 5. The second-order valence-electron chi connectivity index (χ2n) is 11.7. The largest absolute Gasteiger partial charge is 0.366 e. The highest BCUT2D eigenvalue weighted by Crippen LogP contribution is 2.56. The summed E-state index contributed by atoms with van der Waals surface area (Å²) in [5, 5.41) is 10.8. The first-order valence-electron chi connectivity index (χ1n) is 13.3. The van der Waals surface area contributed by atoms with Gasteiger partial charge < -0.3 is 4.90 Å². The van der Waals surface area contributed by atoms with Crippen molar-refractivity contribution in [1.82, 2.24) is 29.4 Å². The molecule has 5 aliphatic rings. The average molecular weight is 460 g/mol. The highest BCUT2D eigenvalue weighted by atomic mass is 15.3. The minimum atomic E-state index is 0.472. The smallest absolute Gasteiger partial charge is 0.159 e. The van der Waals surface area contributed by atoms with E-state index in [4.69, 9.17) is 10.1 Å². The van der Waals surface area contributed by atoms with E-state index in [1.165, 1.54) is 80.7 Å². The minimum Gasteiger partial charge on any atom is -0.366 e. The van der Waals surface area contributed by atoms with E-state index in [0.717, 1.165) is 42.8 Å². The maximum atomic E-state index is 5.14. The third kappa shape index (κ3) is 3.01. The predicted octanol–water partition coefficient (Wildman–Crippen LogP) is 4.14. The molecule has 0 unspecified atom stereocenters. The summed E-state index contributed by atoms with van der Waals surface area (Å²) in [5.74, 6) is 0. The summed E-state index contributed by atoms with van der Waals surface area (Å²) in [6, 6.07) is 2.22. The van der Waals surface area contributed by atoms with Crippen LogP contribution in [0.15, 0.2) is 12.3 Å². The molecule has 8 rings (SSSR count). The zero-order valence-electron chi connectivity index (χ0n) is 21.0. The Kier molecular flexibility index (Phi) is 4.49. The maximum absolute atomic E-state index is 5.14. The van der Waals surface area contributed by atoms with Crippen LogP contribution in [0.2, 0.25) is 0 Å². The predicted molar refractivity (Wildman–Crippen MR) is 134 cm³/mol. The first-order chi connectivity index (χ1) is 16.5. The summed E-state index contributed by atoms with van der Waals surface area (Å²) >= 11 is 0. The number of likely N-dealkylation sites (tertiary alicyclic amines) is 1. The van der Waals surface area contributed by atoms with Gasteiger partial charge in [-0.25, -0.2) is 4.98 Å². The van der Waals surface area contributed by atoms with Gasteiger partial charge in [-0.15, -0.1) is 0 Å². The number of rotatable bonds is 4. The van der Waals surface area contributed by atoms with Gasteiger partial charge in [0.15, 0.2) is 5.65 Å². The van der Waals surface area contributed by atoms with Crippen molar-refractivity contribution in [3.63, 3.8) is 0 Å². The second kappa shape index (κ2) is 7.30. The van der Waals surface area contributed by atoms with Crippen molar-refractivity contribution >= 4 is 16.7 Å². The van der Waals surface area contributed by atoms with Gasteiger partial charge in [-0.1, -0.05) is 0 Å². The summed E-state index contributed by atoms with van der Waals surface area (Å²) in [6.45, 7) is 10.1. The van der Waals surface area contributed by atoms with E-state index in [1.54, 1.807) is 0 Å². The van der Waals surface area contributed by atoms with Crippen LogP contribution in [0.5, 0.6) is 0 Å². The third-order valence-corrected chi connectivity index (χ3v) is 9.86. The van der Waals surface area contributed by atoms with Crippen molar-refractivity contribution in [2.75, 3.05) is 24.5 Å². The number of hydrogen-bond acceptors (Lipinski definition) is 5. The summed E-state index contributed by atoms with van der Waals surface area (Å²) in [5.41, 5.74) is 8.45. The lowest BCUT2D eigenvalue weighted by Gasteiger charge is -2.60. The Labute approximate surface area is 202 Å². The van der Waals surface area contributed by atoms with Gasteiger partial charge in [0.2, 0.25) is 0 Å². The molecule has 180 valence electrons. The molecule has 0 spiro atoms. The highest BCUT2D eigenvalue weighted by Gasteiger charge is 2.52. The summed E-state index contributed by atoms with van der Waals surface area (Å²) in [4.78, 5) is 10.0. The lowest BCUT2D eigenvalue weighted by molar-refractivity contribution is -0.0864. The van der Waals surface area contributed by atoms with Crippen molar-refractivity contribution < 1.29 is 0 Å². The molecule has 2 bridgehead atoms. The molecule has 0 atom stereocenters. The standard InChI is InChI=1S/C27H37N7/c1-19-15-24(21-16-28-31(3)25(21)29-19)32-14-5-23-22(17-32)20(2)30-34(23)18-26-6-9-27(10-7-26,11-8-26)33-12-4-13-33/h15-16H,4-14,17-18H2,1-3H3. The van der Waals surface area contributed by atoms with Crippen LogP contribution in [0.3, 0.4) is 0 Å². The molecule has 0 aromatic carbocycles. The van der Waals surface area contributed by atoms with E-state index in [0.29, 0.717) is 11.0 Å². The molecular weight excluding hydrogens is 422 g/mol. The van der Waals surface area contributed by atoms with Crippen LogP contribution in [-0.2, 0) is 26.6 Å². The lowest BCUT2D eigenvalue weighted by atomic mass is 9.56. The number of nitrogens with zero attached hydrogens (tertiary/aromatic N) is 7. The average Bonchev–Trinajstić information content (AvgIpc) is 3.32. The van der Waals surface area contributed by atoms with Gasteiger partial charge in [0.1, 0.15) is 0 Å². The van der Waals surface area contributed by atoms with Crippen molar-refractivity contribution in [3.8, 4) is 0 Å². The Morgan fingerprint density at radius 2 is 1.76 bits per heavy atom. The first-order valence-corrected chi connectivity index (χ1v) is 13.3. The van der Waals surface area contributed by atoms with Crippen LogP contribution < -0.4 is 4.90 Å². The highest BCUT2D eigenvalue weighted by molar-refractivity contribution is 5.89. The number of anilines is 1. The number of pyridine rings is 1. The second-order valence-corrected chi connectivity index (χ2v) is 11.7. The van der Waals surface area contributed by atoms with E-state index < -0.39 is 0 Å². The molecule has 2 aliphatic heterocycles. The zero-order chi connectivity index (χ0) is 23.1. The molecule has 3 aliphatic carbocycles. The van der Waals surface area contributed by atoms with E-state index in [2.05, 4.69) is 39.5 Å². The van der Waals surface area contributed by atoms with E-state index >= 15 is 0 Å². The molecule has 7 nitrogen and oxygen atoms in total. The molecule has 4 fully saturated rings. The molecule has 34 heavy (non-hydrogen) atoms. The normalized spacial score (nSPS) is 29.0. The van der Waals surface area contributed by atoms with E-state index in [9.17, 15) is 0 Å². The van der Waals surface area contributed by atoms with Crippen LogP contribution >= 0.6 is 0 Å². The number of fused-ring (bicyclic) bond motifs is 5. The molecule has 3 aromatic heterocycles. The summed E-state index contributed by atoms with van der Waals surface area (Å²) in [6.07, 6.45) is 12.8. The van der Waals surface area contributed by atoms with Crippen molar-refractivity contribution in [3.05, 3.63) is 34.9 Å². The number of aryl methyl sites for hydroxylation is 3. The quantitative estimate of drug-likeness (QED) is 0.587. The van der Waals surface area contributed by atoms with Crippen LogP contribution in [-0.4, -0.2) is 54.6 Å². The van der Waals surface area contributed by atoms with Crippen LogP contribution in [0.25, 0.3) is 11.0 Å². The molecule has 0 amide bonds.